The molecule has 0 saturated carbocycles. The molecule has 0 aliphatic rings. The fourth-order valence-corrected chi connectivity index (χ4v) is 2.48. The number of rotatable bonds is 2. The Kier molecular flexibility index (Phi) is 4.37. The number of hydrogen-bond acceptors (Lipinski definition) is 3. The van der Waals surface area contributed by atoms with E-state index in [1.807, 2.05) is 0 Å². The summed E-state index contributed by atoms with van der Waals surface area (Å²) >= 11 is 18.6. The van der Waals surface area contributed by atoms with Crippen LogP contribution in [-0.2, 0) is 0 Å². The third kappa shape index (κ3) is 3.09. The van der Waals surface area contributed by atoms with Gasteiger partial charge in [-0.15, -0.1) is 0 Å². The Balaban J connectivity index is 2.37. The predicted molar refractivity (Wildman–Crippen MR) is 80.6 cm³/mol. The molecule has 2 N–H and O–H groups in total. The van der Waals surface area contributed by atoms with Crippen molar-refractivity contribution in [3.05, 3.63) is 43.4 Å². The zero-order valence-corrected chi connectivity index (χ0v) is 13.4. The summed E-state index contributed by atoms with van der Waals surface area (Å²) < 4.78 is 6.92. The standard InChI is InChI=1S/C11H6Br2Cl2N2O/c12-6-2-9(15)10(3-8(6)14)18-11-7(13)1-5(16)4-17-11/h1-4H,16H2. The molecule has 94 valence electrons. The molecule has 1 heterocycles. The van der Waals surface area contributed by atoms with Gasteiger partial charge in [0, 0.05) is 10.5 Å². The lowest BCUT2D eigenvalue weighted by atomic mass is 10.3. The van der Waals surface area contributed by atoms with Gasteiger partial charge >= 0.3 is 0 Å². The fourth-order valence-electron chi connectivity index (χ4n) is 1.20. The quantitative estimate of drug-likeness (QED) is 0.682. The minimum Gasteiger partial charge on any atom is -0.436 e. The van der Waals surface area contributed by atoms with Gasteiger partial charge in [0.1, 0.15) is 5.75 Å². The number of ether oxygens (including phenoxy) is 1. The minimum absolute atomic E-state index is 0.365. The zero-order chi connectivity index (χ0) is 13.3. The third-order valence-corrected chi connectivity index (χ3v) is 4.07. The van der Waals surface area contributed by atoms with E-state index in [1.165, 1.54) is 6.20 Å². The number of halogens is 4. The summed E-state index contributed by atoms with van der Waals surface area (Å²) in [5.74, 6) is 0.785. The Labute approximate surface area is 131 Å². The molecule has 1 aromatic carbocycles. The number of nitrogens with two attached hydrogens (primary N) is 1. The zero-order valence-electron chi connectivity index (χ0n) is 8.75. The van der Waals surface area contributed by atoms with Crippen molar-refractivity contribution in [3.63, 3.8) is 0 Å². The Morgan fingerprint density at radius 3 is 2.44 bits per heavy atom. The number of pyridine rings is 1. The molecule has 18 heavy (non-hydrogen) atoms. The first-order valence-electron chi connectivity index (χ1n) is 4.71. The van der Waals surface area contributed by atoms with Crippen molar-refractivity contribution in [1.29, 1.82) is 0 Å². The van der Waals surface area contributed by atoms with Gasteiger partial charge < -0.3 is 10.5 Å². The summed E-state index contributed by atoms with van der Waals surface area (Å²) in [4.78, 5) is 4.06. The maximum absolute atomic E-state index is 6.05. The molecular weight excluding hydrogens is 407 g/mol. The van der Waals surface area contributed by atoms with E-state index in [1.54, 1.807) is 18.2 Å². The normalized spacial score (nSPS) is 10.4. The summed E-state index contributed by atoms with van der Waals surface area (Å²) in [6, 6.07) is 4.96. The second-order valence-electron chi connectivity index (χ2n) is 3.35. The van der Waals surface area contributed by atoms with Crippen LogP contribution in [0.2, 0.25) is 10.0 Å². The van der Waals surface area contributed by atoms with E-state index in [4.69, 9.17) is 33.7 Å². The highest BCUT2D eigenvalue weighted by Gasteiger charge is 2.11. The van der Waals surface area contributed by atoms with Crippen molar-refractivity contribution in [2.45, 2.75) is 0 Å². The molecule has 0 spiro atoms. The van der Waals surface area contributed by atoms with Crippen molar-refractivity contribution in [3.8, 4) is 11.6 Å². The summed E-state index contributed by atoms with van der Waals surface area (Å²) in [6.07, 6.45) is 1.49. The lowest BCUT2D eigenvalue weighted by molar-refractivity contribution is 0.460. The Hall–Kier alpha value is -0.490. The van der Waals surface area contributed by atoms with Crippen LogP contribution in [0.3, 0.4) is 0 Å². The molecule has 0 aliphatic carbocycles. The SMILES string of the molecule is Nc1cnc(Oc2cc(Cl)c(Br)cc2Cl)c(Br)c1. The first-order chi connectivity index (χ1) is 8.47. The van der Waals surface area contributed by atoms with Crippen LogP contribution in [0.1, 0.15) is 0 Å². The van der Waals surface area contributed by atoms with Crippen molar-refractivity contribution < 1.29 is 4.74 Å². The van der Waals surface area contributed by atoms with Gasteiger partial charge in [0.25, 0.3) is 0 Å². The first-order valence-corrected chi connectivity index (χ1v) is 7.05. The van der Waals surface area contributed by atoms with Crippen LogP contribution in [0, 0.1) is 0 Å². The molecule has 7 heteroatoms. The molecule has 2 aromatic rings. The lowest BCUT2D eigenvalue weighted by Crippen LogP contribution is -1.93. The number of benzene rings is 1. The molecule has 0 aliphatic heterocycles. The van der Waals surface area contributed by atoms with Crippen LogP contribution in [0.15, 0.2) is 33.3 Å². The summed E-state index contributed by atoms with van der Waals surface area (Å²) in [5.41, 5.74) is 6.13. The maximum atomic E-state index is 6.05. The van der Waals surface area contributed by atoms with Crippen LogP contribution < -0.4 is 10.5 Å². The molecule has 1 aromatic heterocycles. The number of nitrogen functional groups attached to an aromatic ring is 1. The topological polar surface area (TPSA) is 48.1 Å². The highest BCUT2D eigenvalue weighted by molar-refractivity contribution is 9.10. The van der Waals surface area contributed by atoms with Gasteiger partial charge in [-0.05, 0) is 44.0 Å². The highest BCUT2D eigenvalue weighted by Crippen LogP contribution is 2.37. The molecule has 0 saturated heterocycles. The molecule has 0 bridgehead atoms. The van der Waals surface area contributed by atoms with Crippen LogP contribution >= 0.6 is 55.1 Å². The van der Waals surface area contributed by atoms with Crippen LogP contribution in [0.5, 0.6) is 11.6 Å². The lowest BCUT2D eigenvalue weighted by Gasteiger charge is -2.09. The van der Waals surface area contributed by atoms with E-state index >= 15 is 0 Å². The van der Waals surface area contributed by atoms with Crippen molar-refractivity contribution in [2.24, 2.45) is 0 Å². The molecule has 0 fully saturated rings. The second kappa shape index (κ2) is 5.65. The Morgan fingerprint density at radius 1 is 1.06 bits per heavy atom. The smallest absolute Gasteiger partial charge is 0.233 e. The Bertz CT molecular complexity index is 608. The van der Waals surface area contributed by atoms with E-state index in [9.17, 15) is 0 Å². The van der Waals surface area contributed by atoms with E-state index in [0.29, 0.717) is 36.3 Å². The molecule has 0 radical (unpaired) electrons. The fraction of sp³-hybridized carbons (Fsp3) is 0. The third-order valence-electron chi connectivity index (χ3n) is 2.01. The molecule has 0 unspecified atom stereocenters. The van der Waals surface area contributed by atoms with Crippen molar-refractivity contribution in [2.75, 3.05) is 5.73 Å². The van der Waals surface area contributed by atoms with E-state index in [-0.39, 0.29) is 0 Å². The van der Waals surface area contributed by atoms with Crippen LogP contribution in [0.25, 0.3) is 0 Å². The molecule has 3 nitrogen and oxygen atoms in total. The largest absolute Gasteiger partial charge is 0.436 e. The maximum Gasteiger partial charge on any atom is 0.233 e. The van der Waals surface area contributed by atoms with Crippen molar-refractivity contribution >= 4 is 60.7 Å². The second-order valence-corrected chi connectivity index (χ2v) is 5.88. The van der Waals surface area contributed by atoms with Gasteiger partial charge in [-0.3, -0.25) is 0 Å². The van der Waals surface area contributed by atoms with E-state index < -0.39 is 0 Å². The van der Waals surface area contributed by atoms with E-state index in [0.717, 1.165) is 0 Å². The van der Waals surface area contributed by atoms with Gasteiger partial charge in [0.2, 0.25) is 5.88 Å². The van der Waals surface area contributed by atoms with Gasteiger partial charge in [-0.25, -0.2) is 4.98 Å². The average Bonchev–Trinajstić information content (AvgIpc) is 2.29. The van der Waals surface area contributed by atoms with Gasteiger partial charge in [-0.1, -0.05) is 23.2 Å². The van der Waals surface area contributed by atoms with Gasteiger partial charge in [-0.2, -0.15) is 0 Å². The highest BCUT2D eigenvalue weighted by atomic mass is 79.9. The molecule has 0 atom stereocenters. The van der Waals surface area contributed by atoms with Crippen LogP contribution in [-0.4, -0.2) is 4.98 Å². The van der Waals surface area contributed by atoms with E-state index in [2.05, 4.69) is 36.8 Å². The number of hydrogen-bond donors (Lipinski definition) is 1. The van der Waals surface area contributed by atoms with Gasteiger partial charge in [0.05, 0.1) is 26.4 Å². The number of nitrogens with zero attached hydrogens (tertiary/aromatic N) is 1. The van der Waals surface area contributed by atoms with Gasteiger partial charge in [0.15, 0.2) is 0 Å². The summed E-state index contributed by atoms with van der Waals surface area (Å²) in [7, 11) is 0. The Morgan fingerprint density at radius 2 is 1.78 bits per heavy atom. The average molecular weight is 413 g/mol. The monoisotopic (exact) mass is 410 g/mol. The molecular formula is C11H6Br2Cl2N2O. The number of anilines is 1. The summed E-state index contributed by atoms with van der Waals surface area (Å²) in [6.45, 7) is 0. The number of aromatic nitrogens is 1. The first kappa shape index (κ1) is 13.9. The summed E-state index contributed by atoms with van der Waals surface area (Å²) in [5, 5.41) is 0.928. The minimum atomic E-state index is 0.365. The van der Waals surface area contributed by atoms with Crippen LogP contribution in [0.4, 0.5) is 5.69 Å². The molecule has 0 amide bonds. The predicted octanol–water partition coefficient (Wildman–Crippen LogP) is 5.29. The van der Waals surface area contributed by atoms with Crippen molar-refractivity contribution in [1.82, 2.24) is 4.98 Å². The molecule has 2 rings (SSSR count).